The van der Waals surface area contributed by atoms with Gasteiger partial charge >= 0.3 is 0 Å². The molecule has 0 atom stereocenters. The number of nitrogens with one attached hydrogen (secondary N) is 1. The average Bonchev–Trinajstić information content (AvgIpc) is 3.42. The van der Waals surface area contributed by atoms with Crippen LogP contribution in [0.15, 0.2) is 44.2 Å². The van der Waals surface area contributed by atoms with Crippen LogP contribution in [-0.2, 0) is 21.4 Å². The summed E-state index contributed by atoms with van der Waals surface area (Å²) in [7, 11) is -3.98. The maximum atomic E-state index is 13.9. The van der Waals surface area contributed by atoms with E-state index in [2.05, 4.69) is 10.5 Å². The van der Waals surface area contributed by atoms with Crippen LogP contribution in [0.2, 0.25) is 0 Å². The normalized spacial score (nSPS) is 15.7. The third-order valence-electron chi connectivity index (χ3n) is 5.87. The number of rotatable bonds is 7. The second kappa shape index (κ2) is 10.1. The molecule has 1 aliphatic rings. The molecular formula is C24H25F2N3O5S. The first-order valence-electron chi connectivity index (χ1n) is 11.1. The molecule has 4 rings (SSSR count). The number of aromatic nitrogens is 1. The Bertz CT molecular complexity index is 1360. The van der Waals surface area contributed by atoms with Crippen molar-refractivity contribution in [2.24, 2.45) is 5.92 Å². The monoisotopic (exact) mass is 505 g/mol. The van der Waals surface area contributed by atoms with Gasteiger partial charge in [0.15, 0.2) is 10.7 Å². The van der Waals surface area contributed by atoms with E-state index in [0.29, 0.717) is 18.6 Å². The van der Waals surface area contributed by atoms with Gasteiger partial charge in [0.25, 0.3) is 0 Å². The molecule has 1 N–H and O–H groups in total. The van der Waals surface area contributed by atoms with Crippen LogP contribution in [0.1, 0.15) is 41.4 Å². The van der Waals surface area contributed by atoms with Gasteiger partial charge in [0.1, 0.15) is 28.8 Å². The third kappa shape index (κ3) is 5.51. The number of amides is 1. The van der Waals surface area contributed by atoms with E-state index in [-0.39, 0.29) is 53.4 Å². The lowest BCUT2D eigenvalue weighted by molar-refractivity contribution is -0.126. The van der Waals surface area contributed by atoms with Gasteiger partial charge in [-0.2, -0.15) is 4.31 Å². The first-order valence-corrected chi connectivity index (χ1v) is 12.5. The minimum Gasteiger partial charge on any atom is -0.465 e. The molecule has 3 aromatic rings. The Kier molecular flexibility index (Phi) is 7.18. The Morgan fingerprint density at radius 2 is 1.91 bits per heavy atom. The van der Waals surface area contributed by atoms with E-state index in [1.807, 2.05) is 13.0 Å². The van der Waals surface area contributed by atoms with Crippen molar-refractivity contribution in [3.63, 3.8) is 0 Å². The molecule has 0 spiro atoms. The molecule has 1 aromatic carbocycles. The molecule has 11 heteroatoms. The van der Waals surface area contributed by atoms with Crippen molar-refractivity contribution >= 4 is 28.1 Å². The number of hydrogen-bond donors (Lipinski definition) is 1. The highest BCUT2D eigenvalue weighted by Crippen LogP contribution is 2.29. The van der Waals surface area contributed by atoms with Gasteiger partial charge in [-0.05, 0) is 63.1 Å². The molecule has 35 heavy (non-hydrogen) atoms. The number of hydrogen-bond acceptors (Lipinski definition) is 6. The third-order valence-corrected chi connectivity index (χ3v) is 7.92. The topological polar surface area (TPSA) is 106 Å². The van der Waals surface area contributed by atoms with Gasteiger partial charge in [0, 0.05) is 30.6 Å². The smallest absolute Gasteiger partial charge is 0.248 e. The maximum absolute atomic E-state index is 13.9. The van der Waals surface area contributed by atoms with Crippen LogP contribution in [-0.4, -0.2) is 36.9 Å². The fraction of sp³-hybridized carbons (Fsp3) is 0.333. The summed E-state index contributed by atoms with van der Waals surface area (Å²) < 4.78 is 65.7. The van der Waals surface area contributed by atoms with Crippen molar-refractivity contribution in [1.82, 2.24) is 14.8 Å². The van der Waals surface area contributed by atoms with Crippen LogP contribution in [0.5, 0.6) is 0 Å². The molecule has 1 fully saturated rings. The molecule has 186 valence electrons. The summed E-state index contributed by atoms with van der Waals surface area (Å²) in [4.78, 5) is 12.4. The molecule has 0 radical (unpaired) electrons. The summed E-state index contributed by atoms with van der Waals surface area (Å²) in [5.41, 5.74) is 0.234. The number of aryl methyl sites for hydroxylation is 2. The van der Waals surface area contributed by atoms with Crippen LogP contribution in [0, 0.1) is 31.4 Å². The predicted octanol–water partition coefficient (Wildman–Crippen LogP) is 4.05. The summed E-state index contributed by atoms with van der Waals surface area (Å²) in [6.07, 6.45) is 3.31. The highest BCUT2D eigenvalue weighted by molar-refractivity contribution is 7.89. The van der Waals surface area contributed by atoms with Crippen LogP contribution in [0.3, 0.4) is 0 Å². The van der Waals surface area contributed by atoms with Crippen LogP contribution >= 0.6 is 0 Å². The lowest BCUT2D eigenvalue weighted by Crippen LogP contribution is -2.43. The van der Waals surface area contributed by atoms with E-state index in [0.717, 1.165) is 17.9 Å². The number of sulfonamides is 1. The van der Waals surface area contributed by atoms with Gasteiger partial charge in [0.05, 0.1) is 6.54 Å². The van der Waals surface area contributed by atoms with E-state index in [1.165, 1.54) is 29.4 Å². The predicted molar refractivity (Wildman–Crippen MR) is 123 cm³/mol. The second-order valence-corrected chi connectivity index (χ2v) is 10.2. The van der Waals surface area contributed by atoms with Crippen molar-refractivity contribution in [3.8, 4) is 0 Å². The largest absolute Gasteiger partial charge is 0.465 e. The van der Waals surface area contributed by atoms with Gasteiger partial charge in [-0.1, -0.05) is 5.16 Å². The zero-order valence-electron chi connectivity index (χ0n) is 19.3. The number of benzene rings is 1. The molecule has 1 saturated heterocycles. The van der Waals surface area contributed by atoms with E-state index < -0.39 is 21.7 Å². The Morgan fingerprint density at radius 1 is 1.17 bits per heavy atom. The molecule has 3 heterocycles. The first-order chi connectivity index (χ1) is 16.6. The van der Waals surface area contributed by atoms with Crippen molar-refractivity contribution in [2.75, 3.05) is 13.1 Å². The van der Waals surface area contributed by atoms with Gasteiger partial charge < -0.3 is 14.3 Å². The molecule has 0 saturated carbocycles. The molecule has 1 aliphatic heterocycles. The van der Waals surface area contributed by atoms with E-state index in [1.54, 1.807) is 6.07 Å². The van der Waals surface area contributed by atoms with Crippen molar-refractivity contribution < 1.29 is 30.9 Å². The Morgan fingerprint density at radius 3 is 2.57 bits per heavy atom. The fourth-order valence-electron chi connectivity index (χ4n) is 3.99. The zero-order valence-corrected chi connectivity index (χ0v) is 20.1. The van der Waals surface area contributed by atoms with Crippen molar-refractivity contribution in [2.45, 2.75) is 38.1 Å². The Hall–Kier alpha value is -3.31. The summed E-state index contributed by atoms with van der Waals surface area (Å²) in [5.74, 6) is -0.617. The number of piperidine rings is 1. The minimum atomic E-state index is -3.98. The van der Waals surface area contributed by atoms with E-state index in [4.69, 9.17) is 8.94 Å². The van der Waals surface area contributed by atoms with Gasteiger partial charge in [0.2, 0.25) is 15.9 Å². The minimum absolute atomic E-state index is 0.0557. The fourth-order valence-corrected chi connectivity index (χ4v) is 5.71. The van der Waals surface area contributed by atoms with Crippen molar-refractivity contribution in [1.29, 1.82) is 0 Å². The zero-order chi connectivity index (χ0) is 25.2. The van der Waals surface area contributed by atoms with Crippen LogP contribution in [0.4, 0.5) is 8.78 Å². The van der Waals surface area contributed by atoms with Gasteiger partial charge in [-0.25, -0.2) is 17.2 Å². The number of carbonyl (C=O) groups is 1. The molecule has 8 nitrogen and oxygen atoms in total. The van der Waals surface area contributed by atoms with Gasteiger partial charge in [-0.15, -0.1) is 0 Å². The van der Waals surface area contributed by atoms with Crippen LogP contribution in [0.25, 0.3) is 12.2 Å². The molecule has 0 aliphatic carbocycles. The van der Waals surface area contributed by atoms with E-state index >= 15 is 0 Å². The Labute approximate surface area is 201 Å². The van der Waals surface area contributed by atoms with Gasteiger partial charge in [-0.3, -0.25) is 4.79 Å². The second-order valence-electron chi connectivity index (χ2n) is 8.37. The maximum Gasteiger partial charge on any atom is 0.248 e. The highest BCUT2D eigenvalue weighted by Gasteiger charge is 2.35. The molecule has 2 aromatic heterocycles. The summed E-state index contributed by atoms with van der Waals surface area (Å²) in [6, 6.07) is 6.68. The quantitative estimate of drug-likeness (QED) is 0.519. The van der Waals surface area contributed by atoms with Crippen LogP contribution < -0.4 is 5.32 Å². The van der Waals surface area contributed by atoms with E-state index in [9.17, 15) is 22.0 Å². The molecular weight excluding hydrogens is 480 g/mol. The first kappa shape index (κ1) is 24.8. The average molecular weight is 506 g/mol. The Balaban J connectivity index is 1.42. The molecule has 0 unspecified atom stereocenters. The SMILES string of the molecule is Cc1ccc(CNC(=O)C2CCN(S(=O)(=O)c3c(C)noc3/C=C/c3ccc(F)cc3F)CC2)o1. The lowest BCUT2D eigenvalue weighted by atomic mass is 9.97. The number of carbonyl (C=O) groups excluding carboxylic acids is 1. The summed E-state index contributed by atoms with van der Waals surface area (Å²) >= 11 is 0. The summed E-state index contributed by atoms with van der Waals surface area (Å²) in [6.45, 7) is 3.90. The standard InChI is InChI=1S/C24H25F2N3O5S/c1-15-3-7-20(33-15)14-27-24(30)18-9-11-29(12-10-18)35(31,32)23-16(2)28-34-22(23)8-5-17-4-6-19(25)13-21(17)26/h3-8,13,18H,9-12,14H2,1-2H3,(H,27,30)/b8-5+. The summed E-state index contributed by atoms with van der Waals surface area (Å²) in [5, 5.41) is 6.60. The van der Waals surface area contributed by atoms with Crippen molar-refractivity contribution in [3.05, 3.63) is 70.5 Å². The lowest BCUT2D eigenvalue weighted by Gasteiger charge is -2.30. The number of nitrogens with zero attached hydrogens (tertiary/aromatic N) is 2. The highest BCUT2D eigenvalue weighted by atomic mass is 32.2. The molecule has 0 bridgehead atoms. The molecule has 1 amide bonds. The number of halogens is 2. The number of furan rings is 1.